The summed E-state index contributed by atoms with van der Waals surface area (Å²) in [6.07, 6.45) is 5.19. The zero-order chi connectivity index (χ0) is 23.5. The molecule has 0 radical (unpaired) electrons. The van der Waals surface area contributed by atoms with Crippen molar-refractivity contribution in [3.63, 3.8) is 0 Å². The van der Waals surface area contributed by atoms with E-state index in [-0.39, 0.29) is 11.9 Å². The first-order chi connectivity index (χ1) is 15.8. The fourth-order valence-corrected chi connectivity index (χ4v) is 3.63. The molecule has 0 fully saturated rings. The number of anilines is 3. The minimum Gasteiger partial charge on any atom is -0.363 e. The minimum atomic E-state index is -0.198. The second kappa shape index (κ2) is 9.23. The SMILES string of the molecule is CCn1cc2ncc(N[C@@H](C)c3cccc(NC(=O)c4cnc(N(C)C)c(C)c4)c3)nc2n1. The predicted octanol–water partition coefficient (Wildman–Crippen LogP) is 4.04. The van der Waals surface area contributed by atoms with Crippen LogP contribution in [0, 0.1) is 6.92 Å². The molecule has 2 N–H and O–H groups in total. The Morgan fingerprint density at radius 1 is 1.18 bits per heavy atom. The molecular weight excluding hydrogens is 416 g/mol. The number of aromatic nitrogens is 5. The number of carbonyl (C=O) groups excluding carboxylic acids is 1. The van der Waals surface area contributed by atoms with Crippen molar-refractivity contribution in [3.8, 4) is 0 Å². The monoisotopic (exact) mass is 444 g/mol. The second-order valence-corrected chi connectivity index (χ2v) is 8.15. The van der Waals surface area contributed by atoms with Gasteiger partial charge in [0.2, 0.25) is 5.65 Å². The highest BCUT2D eigenvalue weighted by atomic mass is 16.1. The molecular formula is C24H28N8O. The maximum Gasteiger partial charge on any atom is 0.257 e. The van der Waals surface area contributed by atoms with Gasteiger partial charge in [0.05, 0.1) is 24.0 Å². The average molecular weight is 445 g/mol. The average Bonchev–Trinajstić information content (AvgIpc) is 3.21. The maximum absolute atomic E-state index is 12.8. The van der Waals surface area contributed by atoms with E-state index in [4.69, 9.17) is 0 Å². The van der Waals surface area contributed by atoms with Crippen LogP contribution < -0.4 is 15.5 Å². The number of hydrogen-bond acceptors (Lipinski definition) is 7. The molecule has 9 nitrogen and oxygen atoms in total. The van der Waals surface area contributed by atoms with Crippen LogP contribution in [0.2, 0.25) is 0 Å². The van der Waals surface area contributed by atoms with Crippen molar-refractivity contribution in [1.29, 1.82) is 0 Å². The Morgan fingerprint density at radius 3 is 2.73 bits per heavy atom. The van der Waals surface area contributed by atoms with Crippen molar-refractivity contribution in [2.75, 3.05) is 29.6 Å². The molecule has 1 aromatic carbocycles. The number of pyridine rings is 1. The third kappa shape index (κ3) is 4.92. The molecule has 1 atom stereocenters. The molecule has 1 amide bonds. The lowest BCUT2D eigenvalue weighted by Gasteiger charge is -2.16. The normalized spacial score (nSPS) is 11.9. The van der Waals surface area contributed by atoms with Crippen LogP contribution in [0.3, 0.4) is 0 Å². The standard InChI is InChI=1S/C24H28N8O/c1-6-32-14-20-22(30-32)29-21(13-25-20)27-16(3)17-8-7-9-19(11-17)28-24(33)18-10-15(2)23(26-12-18)31(4)5/h7-14,16H,6H2,1-5H3,(H,28,33)(H,27,29,30)/t16-/m0/s1. The van der Waals surface area contributed by atoms with Crippen LogP contribution in [0.25, 0.3) is 11.2 Å². The van der Waals surface area contributed by atoms with Gasteiger partial charge in [-0.2, -0.15) is 5.10 Å². The molecule has 33 heavy (non-hydrogen) atoms. The van der Waals surface area contributed by atoms with Gasteiger partial charge in [-0.05, 0) is 50.1 Å². The quantitative estimate of drug-likeness (QED) is 0.444. The van der Waals surface area contributed by atoms with E-state index >= 15 is 0 Å². The van der Waals surface area contributed by atoms with Gasteiger partial charge in [0, 0.05) is 32.5 Å². The van der Waals surface area contributed by atoms with Crippen LogP contribution in [0.1, 0.15) is 41.4 Å². The first kappa shape index (κ1) is 22.2. The number of rotatable bonds is 7. The van der Waals surface area contributed by atoms with Crippen LogP contribution in [-0.4, -0.2) is 44.7 Å². The number of benzene rings is 1. The molecule has 0 aliphatic carbocycles. The number of amides is 1. The van der Waals surface area contributed by atoms with Gasteiger partial charge in [0.15, 0.2) is 0 Å². The van der Waals surface area contributed by atoms with E-state index in [2.05, 4.69) is 30.7 Å². The molecule has 3 heterocycles. The van der Waals surface area contributed by atoms with E-state index in [9.17, 15) is 4.79 Å². The Morgan fingerprint density at radius 2 is 2.00 bits per heavy atom. The van der Waals surface area contributed by atoms with E-state index < -0.39 is 0 Å². The summed E-state index contributed by atoms with van der Waals surface area (Å²) in [5.41, 5.74) is 4.56. The highest BCUT2D eigenvalue weighted by molar-refractivity contribution is 6.04. The smallest absolute Gasteiger partial charge is 0.257 e. The minimum absolute atomic E-state index is 0.0508. The van der Waals surface area contributed by atoms with Crippen LogP contribution in [0.5, 0.6) is 0 Å². The molecule has 4 rings (SSSR count). The van der Waals surface area contributed by atoms with Gasteiger partial charge in [0.25, 0.3) is 5.91 Å². The summed E-state index contributed by atoms with van der Waals surface area (Å²) < 4.78 is 1.81. The molecule has 0 saturated carbocycles. The van der Waals surface area contributed by atoms with Gasteiger partial charge in [-0.3, -0.25) is 9.48 Å². The third-order valence-electron chi connectivity index (χ3n) is 5.35. The number of aryl methyl sites for hydroxylation is 2. The van der Waals surface area contributed by atoms with Crippen LogP contribution in [0.15, 0.2) is 48.9 Å². The van der Waals surface area contributed by atoms with Crippen molar-refractivity contribution >= 4 is 34.4 Å². The number of hydrogen-bond donors (Lipinski definition) is 2. The van der Waals surface area contributed by atoms with E-state index in [0.29, 0.717) is 22.7 Å². The fourth-order valence-electron chi connectivity index (χ4n) is 3.63. The first-order valence-electron chi connectivity index (χ1n) is 10.9. The van der Waals surface area contributed by atoms with Gasteiger partial charge in [0.1, 0.15) is 17.2 Å². The van der Waals surface area contributed by atoms with Gasteiger partial charge >= 0.3 is 0 Å². The molecule has 0 spiro atoms. The fraction of sp³-hybridized carbons (Fsp3) is 0.292. The van der Waals surface area contributed by atoms with Crippen molar-refractivity contribution < 1.29 is 4.79 Å². The summed E-state index contributed by atoms with van der Waals surface area (Å²) in [7, 11) is 3.86. The van der Waals surface area contributed by atoms with E-state index in [1.807, 2.05) is 81.0 Å². The summed E-state index contributed by atoms with van der Waals surface area (Å²) in [4.78, 5) is 28.1. The van der Waals surface area contributed by atoms with Crippen LogP contribution in [-0.2, 0) is 6.54 Å². The zero-order valence-electron chi connectivity index (χ0n) is 19.5. The molecule has 0 unspecified atom stereocenters. The summed E-state index contributed by atoms with van der Waals surface area (Å²) in [5.74, 6) is 1.29. The predicted molar refractivity (Wildman–Crippen MR) is 131 cm³/mol. The largest absolute Gasteiger partial charge is 0.363 e. The zero-order valence-corrected chi connectivity index (χ0v) is 19.5. The molecule has 3 aromatic heterocycles. The Hall–Kier alpha value is -4.01. The van der Waals surface area contributed by atoms with Gasteiger partial charge in [-0.1, -0.05) is 12.1 Å². The summed E-state index contributed by atoms with van der Waals surface area (Å²) in [5, 5.41) is 10.7. The number of nitrogens with one attached hydrogen (secondary N) is 2. The molecule has 0 aliphatic heterocycles. The highest BCUT2D eigenvalue weighted by Gasteiger charge is 2.13. The molecule has 4 aromatic rings. The first-order valence-corrected chi connectivity index (χ1v) is 10.9. The summed E-state index contributed by atoms with van der Waals surface area (Å²) in [6, 6.07) is 9.53. The van der Waals surface area contributed by atoms with Crippen LogP contribution >= 0.6 is 0 Å². The van der Waals surface area contributed by atoms with E-state index in [1.54, 1.807) is 12.4 Å². The van der Waals surface area contributed by atoms with Crippen LogP contribution in [0.4, 0.5) is 17.3 Å². The lowest BCUT2D eigenvalue weighted by atomic mass is 10.1. The molecule has 0 aliphatic rings. The van der Waals surface area contributed by atoms with Crippen molar-refractivity contribution in [2.24, 2.45) is 0 Å². The highest BCUT2D eigenvalue weighted by Crippen LogP contribution is 2.22. The molecule has 0 saturated heterocycles. The number of fused-ring (bicyclic) bond motifs is 1. The molecule has 0 bridgehead atoms. The topological polar surface area (TPSA) is 101 Å². The van der Waals surface area contributed by atoms with Gasteiger partial charge in [-0.25, -0.2) is 15.0 Å². The summed E-state index contributed by atoms with van der Waals surface area (Å²) in [6.45, 7) is 6.77. The second-order valence-electron chi connectivity index (χ2n) is 8.15. The number of nitrogens with zero attached hydrogens (tertiary/aromatic N) is 6. The molecule has 9 heteroatoms. The maximum atomic E-state index is 12.8. The van der Waals surface area contributed by atoms with Crippen molar-refractivity contribution in [3.05, 3.63) is 65.6 Å². The Bertz CT molecular complexity index is 1300. The lowest BCUT2D eigenvalue weighted by Crippen LogP contribution is -2.16. The van der Waals surface area contributed by atoms with E-state index in [0.717, 1.165) is 29.0 Å². The summed E-state index contributed by atoms with van der Waals surface area (Å²) >= 11 is 0. The Kier molecular flexibility index (Phi) is 6.21. The van der Waals surface area contributed by atoms with Gasteiger partial charge < -0.3 is 15.5 Å². The Labute approximate surface area is 192 Å². The van der Waals surface area contributed by atoms with E-state index in [1.165, 1.54) is 0 Å². The number of carbonyl (C=O) groups is 1. The third-order valence-corrected chi connectivity index (χ3v) is 5.35. The van der Waals surface area contributed by atoms with Crippen molar-refractivity contribution in [1.82, 2.24) is 24.7 Å². The lowest BCUT2D eigenvalue weighted by molar-refractivity contribution is 0.102. The Balaban J connectivity index is 1.47. The van der Waals surface area contributed by atoms with Gasteiger partial charge in [-0.15, -0.1) is 0 Å². The van der Waals surface area contributed by atoms with Crippen molar-refractivity contribution in [2.45, 2.75) is 33.4 Å². The molecule has 170 valence electrons.